The predicted molar refractivity (Wildman–Crippen MR) is 65.9 cm³/mol. The summed E-state index contributed by atoms with van der Waals surface area (Å²) < 4.78 is 5.11. The Morgan fingerprint density at radius 3 is 3.06 bits per heavy atom. The molecule has 0 amide bonds. The van der Waals surface area contributed by atoms with Gasteiger partial charge >= 0.3 is 5.97 Å². The maximum absolute atomic E-state index is 10.7. The van der Waals surface area contributed by atoms with Crippen LogP contribution in [0.5, 0.6) is 5.88 Å². The number of rotatable bonds is 4. The topological polar surface area (TPSA) is 75.5 Å². The van der Waals surface area contributed by atoms with E-state index in [0.29, 0.717) is 18.4 Å². The van der Waals surface area contributed by atoms with Gasteiger partial charge in [0.2, 0.25) is 11.8 Å². The van der Waals surface area contributed by atoms with Gasteiger partial charge in [0.05, 0.1) is 7.11 Å². The molecule has 1 saturated heterocycles. The summed E-state index contributed by atoms with van der Waals surface area (Å²) >= 11 is 0. The van der Waals surface area contributed by atoms with E-state index in [-0.39, 0.29) is 12.3 Å². The molecule has 0 spiro atoms. The Morgan fingerprint density at radius 2 is 2.39 bits per heavy atom. The number of carboxylic acid groups (broad SMARTS) is 1. The molecule has 2 heterocycles. The molecule has 1 fully saturated rings. The van der Waals surface area contributed by atoms with Crippen molar-refractivity contribution in [3.63, 3.8) is 0 Å². The highest BCUT2D eigenvalue weighted by molar-refractivity contribution is 5.67. The zero-order valence-corrected chi connectivity index (χ0v) is 10.6. The lowest BCUT2D eigenvalue weighted by atomic mass is 10.1. The van der Waals surface area contributed by atoms with Crippen LogP contribution in [-0.4, -0.2) is 41.2 Å². The smallest absolute Gasteiger partial charge is 0.303 e. The van der Waals surface area contributed by atoms with Gasteiger partial charge in [0.1, 0.15) is 0 Å². The third-order valence-corrected chi connectivity index (χ3v) is 3.06. The minimum absolute atomic E-state index is 0.178. The summed E-state index contributed by atoms with van der Waals surface area (Å²) in [6, 6.07) is 1.77. The lowest BCUT2D eigenvalue weighted by Crippen LogP contribution is -2.23. The first kappa shape index (κ1) is 12.6. The number of hydrogen-bond acceptors (Lipinski definition) is 5. The number of hydrogen-bond donors (Lipinski definition) is 1. The molecule has 1 aromatic rings. The Kier molecular flexibility index (Phi) is 3.64. The van der Waals surface area contributed by atoms with Crippen LogP contribution in [0.25, 0.3) is 0 Å². The van der Waals surface area contributed by atoms with Crippen LogP contribution in [0.1, 0.15) is 18.5 Å². The van der Waals surface area contributed by atoms with E-state index in [9.17, 15) is 4.79 Å². The molecule has 1 aliphatic heterocycles. The van der Waals surface area contributed by atoms with Gasteiger partial charge in [-0.1, -0.05) is 0 Å². The van der Waals surface area contributed by atoms with E-state index in [1.807, 2.05) is 11.8 Å². The van der Waals surface area contributed by atoms with Gasteiger partial charge in [-0.25, -0.2) is 4.98 Å². The van der Waals surface area contributed by atoms with Crippen LogP contribution in [0.4, 0.5) is 5.95 Å². The number of carboxylic acids is 1. The fraction of sp³-hybridized carbons (Fsp3) is 0.583. The van der Waals surface area contributed by atoms with E-state index in [1.165, 1.54) is 0 Å². The first-order chi connectivity index (χ1) is 8.58. The van der Waals surface area contributed by atoms with Gasteiger partial charge in [0.25, 0.3) is 0 Å². The molecule has 0 saturated carbocycles. The van der Waals surface area contributed by atoms with Gasteiger partial charge in [-0.3, -0.25) is 4.79 Å². The fourth-order valence-electron chi connectivity index (χ4n) is 2.20. The second kappa shape index (κ2) is 5.20. The second-order valence-corrected chi connectivity index (χ2v) is 4.55. The molecule has 6 nitrogen and oxygen atoms in total. The number of carbonyl (C=O) groups is 1. The molecular weight excluding hydrogens is 234 g/mol. The van der Waals surface area contributed by atoms with E-state index in [0.717, 1.165) is 18.7 Å². The summed E-state index contributed by atoms with van der Waals surface area (Å²) in [6.45, 7) is 3.38. The van der Waals surface area contributed by atoms with Crippen LogP contribution in [0.15, 0.2) is 6.07 Å². The van der Waals surface area contributed by atoms with Crippen molar-refractivity contribution in [2.75, 3.05) is 25.1 Å². The lowest BCUT2D eigenvalue weighted by Gasteiger charge is -2.17. The number of nitrogens with zero attached hydrogens (tertiary/aromatic N) is 3. The van der Waals surface area contributed by atoms with E-state index in [2.05, 4.69) is 9.97 Å². The molecule has 0 radical (unpaired) electrons. The van der Waals surface area contributed by atoms with Crippen molar-refractivity contribution in [2.45, 2.75) is 19.8 Å². The van der Waals surface area contributed by atoms with E-state index in [1.54, 1.807) is 13.2 Å². The standard InChI is InChI=1S/C12H17N3O3/c1-8-5-10(18-2)14-12(13-8)15-4-3-9(7-15)6-11(16)17/h5,9H,3-4,6-7H2,1-2H3,(H,16,17). The highest BCUT2D eigenvalue weighted by Crippen LogP contribution is 2.24. The zero-order valence-electron chi connectivity index (χ0n) is 10.6. The van der Waals surface area contributed by atoms with Crippen LogP contribution in [0, 0.1) is 12.8 Å². The number of aliphatic carboxylic acids is 1. The molecule has 0 aliphatic carbocycles. The molecular formula is C12H17N3O3. The number of ether oxygens (including phenoxy) is 1. The molecule has 6 heteroatoms. The van der Waals surface area contributed by atoms with Crippen molar-refractivity contribution in [1.29, 1.82) is 0 Å². The normalized spacial score (nSPS) is 19.0. The van der Waals surface area contributed by atoms with Crippen LogP contribution in [0.3, 0.4) is 0 Å². The Hall–Kier alpha value is -1.85. The van der Waals surface area contributed by atoms with Crippen LogP contribution in [-0.2, 0) is 4.79 Å². The van der Waals surface area contributed by atoms with Gasteiger partial charge in [-0.2, -0.15) is 4.98 Å². The molecule has 98 valence electrons. The first-order valence-corrected chi connectivity index (χ1v) is 5.95. The number of methoxy groups -OCH3 is 1. The third kappa shape index (κ3) is 2.88. The molecule has 1 atom stereocenters. The number of aromatic nitrogens is 2. The van der Waals surface area contributed by atoms with Gasteiger partial charge in [-0.05, 0) is 19.3 Å². The summed E-state index contributed by atoms with van der Waals surface area (Å²) in [5.41, 5.74) is 0.846. The van der Waals surface area contributed by atoms with Gasteiger partial charge < -0.3 is 14.7 Å². The van der Waals surface area contributed by atoms with E-state index < -0.39 is 5.97 Å². The highest BCUT2D eigenvalue weighted by Gasteiger charge is 2.26. The first-order valence-electron chi connectivity index (χ1n) is 5.95. The lowest BCUT2D eigenvalue weighted by molar-refractivity contribution is -0.137. The predicted octanol–water partition coefficient (Wildman–Crippen LogP) is 1.09. The van der Waals surface area contributed by atoms with Crippen molar-refractivity contribution >= 4 is 11.9 Å². The van der Waals surface area contributed by atoms with Crippen LogP contribution < -0.4 is 9.64 Å². The molecule has 1 unspecified atom stereocenters. The van der Waals surface area contributed by atoms with Gasteiger partial charge in [0.15, 0.2) is 0 Å². The SMILES string of the molecule is COc1cc(C)nc(N2CCC(CC(=O)O)C2)n1. The molecule has 18 heavy (non-hydrogen) atoms. The minimum Gasteiger partial charge on any atom is -0.481 e. The quantitative estimate of drug-likeness (QED) is 0.863. The Morgan fingerprint density at radius 1 is 1.61 bits per heavy atom. The van der Waals surface area contributed by atoms with Crippen molar-refractivity contribution in [2.24, 2.45) is 5.92 Å². The minimum atomic E-state index is -0.746. The fourth-order valence-corrected chi connectivity index (χ4v) is 2.20. The molecule has 1 N–H and O–H groups in total. The number of aryl methyl sites for hydroxylation is 1. The molecule has 0 bridgehead atoms. The summed E-state index contributed by atoms with van der Waals surface area (Å²) in [7, 11) is 1.57. The summed E-state index contributed by atoms with van der Waals surface area (Å²) in [5, 5.41) is 8.79. The Balaban J connectivity index is 2.09. The van der Waals surface area contributed by atoms with Crippen molar-refractivity contribution in [1.82, 2.24) is 9.97 Å². The molecule has 2 rings (SSSR count). The van der Waals surface area contributed by atoms with Crippen molar-refractivity contribution < 1.29 is 14.6 Å². The van der Waals surface area contributed by atoms with Gasteiger partial charge in [-0.15, -0.1) is 0 Å². The average Bonchev–Trinajstić information content (AvgIpc) is 2.75. The Bertz CT molecular complexity index is 450. The molecule has 0 aromatic carbocycles. The maximum Gasteiger partial charge on any atom is 0.303 e. The summed E-state index contributed by atoms with van der Waals surface area (Å²) in [4.78, 5) is 21.4. The highest BCUT2D eigenvalue weighted by atomic mass is 16.5. The van der Waals surface area contributed by atoms with Gasteiger partial charge in [0, 0.05) is 31.3 Å². The van der Waals surface area contributed by atoms with Crippen molar-refractivity contribution in [3.8, 4) is 5.88 Å². The molecule has 1 aliphatic rings. The largest absolute Gasteiger partial charge is 0.481 e. The summed E-state index contributed by atoms with van der Waals surface area (Å²) in [5.74, 6) is 0.598. The van der Waals surface area contributed by atoms with Crippen molar-refractivity contribution in [3.05, 3.63) is 11.8 Å². The molecule has 1 aromatic heterocycles. The van der Waals surface area contributed by atoms with Crippen LogP contribution >= 0.6 is 0 Å². The average molecular weight is 251 g/mol. The summed E-state index contributed by atoms with van der Waals surface area (Å²) in [6.07, 6.45) is 1.07. The van der Waals surface area contributed by atoms with E-state index in [4.69, 9.17) is 9.84 Å². The monoisotopic (exact) mass is 251 g/mol. The second-order valence-electron chi connectivity index (χ2n) is 4.55. The third-order valence-electron chi connectivity index (χ3n) is 3.06. The van der Waals surface area contributed by atoms with Crippen LogP contribution in [0.2, 0.25) is 0 Å². The Labute approximate surface area is 106 Å². The number of anilines is 1. The maximum atomic E-state index is 10.7. The van der Waals surface area contributed by atoms with E-state index >= 15 is 0 Å². The zero-order chi connectivity index (χ0) is 13.1.